The van der Waals surface area contributed by atoms with E-state index in [0.717, 1.165) is 18.9 Å². The van der Waals surface area contributed by atoms with Crippen LogP contribution in [0.4, 0.5) is 5.69 Å². The van der Waals surface area contributed by atoms with E-state index in [1.54, 1.807) is 0 Å². The number of anilines is 1. The highest BCUT2D eigenvalue weighted by Crippen LogP contribution is 2.20. The number of piperidine rings is 1. The highest BCUT2D eigenvalue weighted by Gasteiger charge is 2.11. The summed E-state index contributed by atoms with van der Waals surface area (Å²) in [5, 5.41) is 0. The lowest BCUT2D eigenvalue weighted by Crippen LogP contribution is -2.29. The van der Waals surface area contributed by atoms with Gasteiger partial charge in [-0.3, -0.25) is 4.90 Å². The second-order valence-corrected chi connectivity index (χ2v) is 6.34. The molecule has 1 aliphatic rings. The molecule has 2 aromatic rings. The van der Waals surface area contributed by atoms with E-state index in [1.807, 2.05) is 19.4 Å². The minimum Gasteiger partial charge on any atom is -0.372 e. The Hall–Kier alpha value is -1.81. The molecule has 0 aliphatic carbocycles. The third kappa shape index (κ3) is 3.69. The normalized spacial score (nSPS) is 15.5. The van der Waals surface area contributed by atoms with E-state index in [9.17, 15) is 0 Å². The second kappa shape index (κ2) is 6.97. The van der Waals surface area contributed by atoms with Crippen molar-refractivity contribution in [3.63, 3.8) is 0 Å². The first-order valence-corrected chi connectivity index (χ1v) is 8.21. The monoisotopic (exact) mass is 298 g/mol. The van der Waals surface area contributed by atoms with Crippen LogP contribution in [0.2, 0.25) is 0 Å². The van der Waals surface area contributed by atoms with Crippen molar-refractivity contribution in [3.8, 4) is 0 Å². The lowest BCUT2D eigenvalue weighted by molar-refractivity contribution is 0.307. The van der Waals surface area contributed by atoms with Crippen LogP contribution in [0.25, 0.3) is 0 Å². The van der Waals surface area contributed by atoms with Crippen LogP contribution in [-0.4, -0.2) is 34.6 Å². The zero-order valence-corrected chi connectivity index (χ0v) is 13.7. The summed E-state index contributed by atoms with van der Waals surface area (Å²) in [5.41, 5.74) is 2.73. The molecule has 1 saturated heterocycles. The van der Waals surface area contributed by atoms with Gasteiger partial charge in [0, 0.05) is 44.8 Å². The number of hydrogen-bond acceptors (Lipinski definition) is 3. The molecule has 4 nitrogen and oxygen atoms in total. The van der Waals surface area contributed by atoms with Crippen LogP contribution in [0.5, 0.6) is 0 Å². The van der Waals surface area contributed by atoms with Crippen molar-refractivity contribution in [2.75, 3.05) is 25.0 Å². The Balaban J connectivity index is 1.57. The quantitative estimate of drug-likeness (QED) is 0.848. The van der Waals surface area contributed by atoms with Crippen LogP contribution in [-0.2, 0) is 20.1 Å². The van der Waals surface area contributed by atoms with E-state index in [1.165, 1.54) is 43.6 Å². The van der Waals surface area contributed by atoms with Crippen molar-refractivity contribution >= 4 is 5.69 Å². The van der Waals surface area contributed by atoms with E-state index >= 15 is 0 Å². The molecule has 118 valence electrons. The topological polar surface area (TPSA) is 24.3 Å². The SMILES string of the molecule is CN(Cc1ccc(N2CCCCC2)cc1)Cc1nccn1C. The third-order valence-corrected chi connectivity index (χ3v) is 4.44. The summed E-state index contributed by atoms with van der Waals surface area (Å²) < 4.78 is 2.08. The summed E-state index contributed by atoms with van der Waals surface area (Å²) in [5.74, 6) is 1.10. The van der Waals surface area contributed by atoms with E-state index in [-0.39, 0.29) is 0 Å². The molecular formula is C18H26N4. The maximum absolute atomic E-state index is 4.39. The average Bonchev–Trinajstić information content (AvgIpc) is 2.94. The standard InChI is InChI=1S/C18H26N4/c1-20(15-18-19-10-13-21(18)2)14-16-6-8-17(9-7-16)22-11-4-3-5-12-22/h6-10,13H,3-5,11-12,14-15H2,1-2H3. The zero-order chi connectivity index (χ0) is 15.4. The van der Waals surface area contributed by atoms with Crippen LogP contribution in [0.3, 0.4) is 0 Å². The number of hydrogen-bond donors (Lipinski definition) is 0. The van der Waals surface area contributed by atoms with Crippen LogP contribution >= 0.6 is 0 Å². The van der Waals surface area contributed by atoms with Crippen molar-refractivity contribution in [1.29, 1.82) is 0 Å². The number of nitrogens with zero attached hydrogens (tertiary/aromatic N) is 4. The molecule has 0 spiro atoms. The summed E-state index contributed by atoms with van der Waals surface area (Å²) in [4.78, 5) is 9.20. The Morgan fingerprint density at radius 1 is 1.05 bits per heavy atom. The largest absolute Gasteiger partial charge is 0.372 e. The molecule has 1 aromatic carbocycles. The summed E-state index contributed by atoms with van der Waals surface area (Å²) in [7, 11) is 4.19. The van der Waals surface area contributed by atoms with Crippen molar-refractivity contribution < 1.29 is 0 Å². The van der Waals surface area contributed by atoms with E-state index in [2.05, 4.69) is 50.7 Å². The molecule has 0 bridgehead atoms. The molecule has 1 aliphatic heterocycles. The van der Waals surface area contributed by atoms with Crippen molar-refractivity contribution in [3.05, 3.63) is 48.0 Å². The van der Waals surface area contributed by atoms with Gasteiger partial charge in [0.05, 0.1) is 6.54 Å². The van der Waals surface area contributed by atoms with Crippen LogP contribution in [0.1, 0.15) is 30.7 Å². The molecule has 0 amide bonds. The van der Waals surface area contributed by atoms with Gasteiger partial charge in [-0.1, -0.05) is 12.1 Å². The maximum atomic E-state index is 4.39. The number of imidazole rings is 1. The second-order valence-electron chi connectivity index (χ2n) is 6.34. The number of benzene rings is 1. The minimum atomic E-state index is 0.872. The fourth-order valence-electron chi connectivity index (χ4n) is 3.12. The molecule has 4 heteroatoms. The van der Waals surface area contributed by atoms with Gasteiger partial charge in [-0.2, -0.15) is 0 Å². The summed E-state index contributed by atoms with van der Waals surface area (Å²) in [6.07, 6.45) is 7.89. The minimum absolute atomic E-state index is 0.872. The summed E-state index contributed by atoms with van der Waals surface area (Å²) in [6.45, 7) is 4.24. The van der Waals surface area contributed by atoms with Gasteiger partial charge in [-0.25, -0.2) is 4.98 Å². The van der Waals surface area contributed by atoms with E-state index < -0.39 is 0 Å². The number of aryl methyl sites for hydroxylation is 1. The first-order valence-electron chi connectivity index (χ1n) is 8.21. The fraction of sp³-hybridized carbons (Fsp3) is 0.500. The van der Waals surface area contributed by atoms with Gasteiger partial charge in [0.15, 0.2) is 0 Å². The number of rotatable bonds is 5. The third-order valence-electron chi connectivity index (χ3n) is 4.44. The molecule has 1 fully saturated rings. The highest BCUT2D eigenvalue weighted by molar-refractivity contribution is 5.47. The van der Waals surface area contributed by atoms with Gasteiger partial charge in [-0.15, -0.1) is 0 Å². The molecule has 2 heterocycles. The van der Waals surface area contributed by atoms with E-state index in [4.69, 9.17) is 0 Å². The van der Waals surface area contributed by atoms with Gasteiger partial charge in [0.2, 0.25) is 0 Å². The zero-order valence-electron chi connectivity index (χ0n) is 13.7. The molecule has 3 rings (SSSR count). The average molecular weight is 298 g/mol. The lowest BCUT2D eigenvalue weighted by atomic mass is 10.1. The molecule has 0 saturated carbocycles. The number of aromatic nitrogens is 2. The molecule has 0 atom stereocenters. The molecule has 22 heavy (non-hydrogen) atoms. The first kappa shape index (κ1) is 15.1. The van der Waals surface area contributed by atoms with Crippen molar-refractivity contribution in [2.24, 2.45) is 7.05 Å². The van der Waals surface area contributed by atoms with Crippen molar-refractivity contribution in [1.82, 2.24) is 14.5 Å². The Kier molecular flexibility index (Phi) is 4.78. The highest BCUT2D eigenvalue weighted by atomic mass is 15.2. The predicted molar refractivity (Wildman–Crippen MR) is 90.9 cm³/mol. The maximum Gasteiger partial charge on any atom is 0.122 e. The van der Waals surface area contributed by atoms with E-state index in [0.29, 0.717) is 0 Å². The smallest absolute Gasteiger partial charge is 0.122 e. The Morgan fingerprint density at radius 2 is 1.77 bits per heavy atom. The van der Waals surface area contributed by atoms with Crippen LogP contribution in [0, 0.1) is 0 Å². The first-order chi connectivity index (χ1) is 10.7. The molecule has 1 aromatic heterocycles. The van der Waals surface area contributed by atoms with Gasteiger partial charge < -0.3 is 9.47 Å². The molecule has 0 unspecified atom stereocenters. The van der Waals surface area contributed by atoms with Crippen LogP contribution < -0.4 is 4.90 Å². The lowest BCUT2D eigenvalue weighted by Gasteiger charge is -2.29. The summed E-state index contributed by atoms with van der Waals surface area (Å²) >= 11 is 0. The Labute approximate surface area is 133 Å². The molecule has 0 radical (unpaired) electrons. The van der Waals surface area contributed by atoms with Gasteiger partial charge in [0.1, 0.15) is 5.82 Å². The Bertz CT molecular complexity index is 581. The van der Waals surface area contributed by atoms with Crippen LogP contribution in [0.15, 0.2) is 36.7 Å². The molecular weight excluding hydrogens is 272 g/mol. The Morgan fingerprint density at radius 3 is 2.41 bits per heavy atom. The predicted octanol–water partition coefficient (Wildman–Crippen LogP) is 3.04. The summed E-state index contributed by atoms with van der Waals surface area (Å²) in [6, 6.07) is 9.07. The molecule has 0 N–H and O–H groups in total. The fourth-order valence-corrected chi connectivity index (χ4v) is 3.12. The van der Waals surface area contributed by atoms with Crippen molar-refractivity contribution in [2.45, 2.75) is 32.4 Å². The van der Waals surface area contributed by atoms with Gasteiger partial charge in [-0.05, 0) is 44.0 Å². The van der Waals surface area contributed by atoms with Gasteiger partial charge in [0.25, 0.3) is 0 Å². The van der Waals surface area contributed by atoms with Gasteiger partial charge >= 0.3 is 0 Å².